The van der Waals surface area contributed by atoms with Gasteiger partial charge in [-0.1, -0.05) is 0 Å². The molecular weight excluding hydrogens is 344 g/mol. The summed E-state index contributed by atoms with van der Waals surface area (Å²) in [5, 5.41) is 17.6. The Morgan fingerprint density at radius 3 is 1.19 bits per heavy atom. The summed E-state index contributed by atoms with van der Waals surface area (Å²) in [4.78, 5) is 45.4. The Hall–Kier alpha value is -3.68. The van der Waals surface area contributed by atoms with Crippen molar-refractivity contribution in [1.29, 1.82) is 0 Å². The normalized spacial score (nSPS) is 10.2. The molecule has 0 amide bonds. The molecule has 0 atom stereocenters. The molecule has 0 saturated carbocycles. The van der Waals surface area contributed by atoms with Crippen LogP contribution < -0.4 is 0 Å². The van der Waals surface area contributed by atoms with E-state index in [-0.39, 0.29) is 22.3 Å². The lowest BCUT2D eigenvalue weighted by Gasteiger charge is -2.14. The molecule has 0 bridgehead atoms. The second-order valence-corrected chi connectivity index (χ2v) is 5.14. The third kappa shape index (κ3) is 4.67. The second-order valence-electron chi connectivity index (χ2n) is 5.14. The van der Waals surface area contributed by atoms with Crippen LogP contribution in [0, 0.1) is 0 Å². The van der Waals surface area contributed by atoms with Crippen molar-refractivity contribution in [3.8, 4) is 0 Å². The van der Waals surface area contributed by atoms with Crippen LogP contribution in [0.2, 0.25) is 0 Å². The molecule has 0 aromatic heterocycles. The first kappa shape index (κ1) is 18.7. The van der Waals surface area contributed by atoms with Gasteiger partial charge in [0.1, 0.15) is 0 Å². The zero-order chi connectivity index (χ0) is 19.3. The van der Waals surface area contributed by atoms with E-state index in [2.05, 4.69) is 0 Å². The molecule has 2 rings (SSSR count). The van der Waals surface area contributed by atoms with Crippen molar-refractivity contribution in [3.63, 3.8) is 0 Å². The van der Waals surface area contributed by atoms with Gasteiger partial charge in [-0.2, -0.15) is 0 Å². The lowest BCUT2D eigenvalue weighted by molar-refractivity contribution is -0.0692. The average molecular weight is 358 g/mol. The number of carbonyl (C=O) groups excluding carboxylic acids is 2. The summed E-state index contributed by atoms with van der Waals surface area (Å²) in [6.07, 6.45) is -1.20. The lowest BCUT2D eigenvalue weighted by Crippen LogP contribution is -2.22. The van der Waals surface area contributed by atoms with Gasteiger partial charge >= 0.3 is 23.9 Å². The molecule has 0 saturated heterocycles. The zero-order valence-electron chi connectivity index (χ0n) is 13.5. The standard InChI is InChI=1S/C18H14O8/c1-10(25-17(23)13-6-2-11(3-7-13)15(19)20)26-18(24)14-8-4-12(5-9-14)16(21)22/h2-10H,1H3,(H,19,20)(H,21,22). The highest BCUT2D eigenvalue weighted by Gasteiger charge is 2.17. The molecule has 0 aliphatic heterocycles. The molecule has 2 aromatic carbocycles. The minimum absolute atomic E-state index is 0.0193. The largest absolute Gasteiger partial charge is 0.478 e. The predicted molar refractivity (Wildman–Crippen MR) is 87.1 cm³/mol. The molecule has 26 heavy (non-hydrogen) atoms. The number of esters is 2. The Kier molecular flexibility index (Phi) is 5.69. The van der Waals surface area contributed by atoms with Crippen molar-refractivity contribution in [3.05, 3.63) is 70.8 Å². The third-order valence-corrected chi connectivity index (χ3v) is 3.28. The molecule has 0 heterocycles. The van der Waals surface area contributed by atoms with Crippen LogP contribution in [-0.2, 0) is 9.47 Å². The molecule has 2 N–H and O–H groups in total. The van der Waals surface area contributed by atoms with Crippen molar-refractivity contribution < 1.29 is 38.9 Å². The highest BCUT2D eigenvalue weighted by Crippen LogP contribution is 2.11. The molecule has 0 unspecified atom stereocenters. The van der Waals surface area contributed by atoms with Crippen molar-refractivity contribution in [2.24, 2.45) is 0 Å². The minimum Gasteiger partial charge on any atom is -0.478 e. The van der Waals surface area contributed by atoms with Gasteiger partial charge in [0.2, 0.25) is 6.29 Å². The Balaban J connectivity index is 1.95. The second kappa shape index (κ2) is 7.93. The zero-order valence-corrected chi connectivity index (χ0v) is 13.5. The monoisotopic (exact) mass is 358 g/mol. The van der Waals surface area contributed by atoms with Gasteiger partial charge in [-0.15, -0.1) is 0 Å². The SMILES string of the molecule is CC(OC(=O)c1ccc(C(=O)O)cc1)OC(=O)c1ccc(C(=O)O)cc1. The van der Waals surface area contributed by atoms with Crippen LogP contribution in [0.15, 0.2) is 48.5 Å². The summed E-state index contributed by atoms with van der Waals surface area (Å²) < 4.78 is 9.93. The number of aromatic carboxylic acids is 2. The van der Waals surface area contributed by atoms with Crippen molar-refractivity contribution >= 4 is 23.9 Å². The summed E-state index contributed by atoms with van der Waals surface area (Å²) >= 11 is 0. The number of carbonyl (C=O) groups is 4. The van der Waals surface area contributed by atoms with E-state index >= 15 is 0 Å². The van der Waals surface area contributed by atoms with E-state index in [1.807, 2.05) is 0 Å². The minimum atomic E-state index is -1.20. The molecule has 0 aliphatic rings. The molecule has 8 heteroatoms. The molecule has 0 fully saturated rings. The molecule has 0 radical (unpaired) electrons. The van der Waals surface area contributed by atoms with Crippen LogP contribution in [0.25, 0.3) is 0 Å². The first-order valence-corrected chi connectivity index (χ1v) is 7.36. The van der Waals surface area contributed by atoms with Crippen LogP contribution in [0.1, 0.15) is 48.4 Å². The predicted octanol–water partition coefficient (Wildman–Crippen LogP) is 2.44. The summed E-state index contributed by atoms with van der Waals surface area (Å²) in [5.74, 6) is -3.82. The van der Waals surface area contributed by atoms with Crippen molar-refractivity contribution in [2.45, 2.75) is 13.2 Å². The number of carboxylic acids is 2. The number of ether oxygens (including phenoxy) is 2. The Labute approximate surface area is 147 Å². The molecular formula is C18H14O8. The van der Waals surface area contributed by atoms with Gasteiger partial charge in [0.25, 0.3) is 0 Å². The fourth-order valence-corrected chi connectivity index (χ4v) is 1.96. The molecule has 0 aliphatic carbocycles. The summed E-state index contributed by atoms with van der Waals surface area (Å²) in [6, 6.07) is 10.1. The van der Waals surface area contributed by atoms with Crippen molar-refractivity contribution in [1.82, 2.24) is 0 Å². The fraction of sp³-hybridized carbons (Fsp3) is 0.111. The van der Waals surface area contributed by atoms with Gasteiger partial charge in [0, 0.05) is 6.92 Å². The highest BCUT2D eigenvalue weighted by molar-refractivity contribution is 5.94. The number of benzene rings is 2. The lowest BCUT2D eigenvalue weighted by atomic mass is 10.1. The third-order valence-electron chi connectivity index (χ3n) is 3.28. The van der Waals surface area contributed by atoms with E-state index in [0.717, 1.165) is 0 Å². The number of carboxylic acid groups (broad SMARTS) is 2. The topological polar surface area (TPSA) is 127 Å². The molecule has 8 nitrogen and oxygen atoms in total. The first-order valence-electron chi connectivity index (χ1n) is 7.36. The van der Waals surface area contributed by atoms with Gasteiger partial charge in [-0.05, 0) is 48.5 Å². The van der Waals surface area contributed by atoms with Crippen LogP contribution in [0.4, 0.5) is 0 Å². The summed E-state index contributed by atoms with van der Waals surface area (Å²) in [6.45, 7) is 1.34. The van der Waals surface area contributed by atoms with Gasteiger partial charge in [0.15, 0.2) is 0 Å². The van der Waals surface area contributed by atoms with E-state index < -0.39 is 30.2 Å². The van der Waals surface area contributed by atoms with Gasteiger partial charge in [-0.25, -0.2) is 19.2 Å². The van der Waals surface area contributed by atoms with Crippen LogP contribution >= 0.6 is 0 Å². The number of hydrogen-bond acceptors (Lipinski definition) is 6. The Bertz CT molecular complexity index is 765. The summed E-state index contributed by atoms with van der Waals surface area (Å²) in [7, 11) is 0. The van der Waals surface area contributed by atoms with Crippen LogP contribution in [0.5, 0.6) is 0 Å². The maximum atomic E-state index is 11.9. The van der Waals surface area contributed by atoms with Gasteiger partial charge in [0.05, 0.1) is 22.3 Å². The van der Waals surface area contributed by atoms with E-state index in [9.17, 15) is 19.2 Å². The molecule has 134 valence electrons. The number of rotatable bonds is 6. The average Bonchev–Trinajstić information content (AvgIpc) is 2.61. The van der Waals surface area contributed by atoms with Crippen LogP contribution in [0.3, 0.4) is 0 Å². The van der Waals surface area contributed by atoms with E-state index in [0.29, 0.717) is 0 Å². The maximum absolute atomic E-state index is 11.9. The number of hydrogen-bond donors (Lipinski definition) is 2. The van der Waals surface area contributed by atoms with Crippen molar-refractivity contribution in [2.75, 3.05) is 0 Å². The first-order chi connectivity index (χ1) is 12.3. The van der Waals surface area contributed by atoms with Crippen LogP contribution in [-0.4, -0.2) is 40.4 Å². The smallest absolute Gasteiger partial charge is 0.341 e. The van der Waals surface area contributed by atoms with E-state index in [1.165, 1.54) is 55.5 Å². The highest BCUT2D eigenvalue weighted by atomic mass is 16.7. The quantitative estimate of drug-likeness (QED) is 0.595. The summed E-state index contributed by atoms with van der Waals surface area (Å²) in [5.41, 5.74) is 0.240. The van der Waals surface area contributed by atoms with Gasteiger partial charge < -0.3 is 19.7 Å². The Morgan fingerprint density at radius 2 is 0.923 bits per heavy atom. The van der Waals surface area contributed by atoms with E-state index in [1.54, 1.807) is 0 Å². The molecule has 2 aromatic rings. The maximum Gasteiger partial charge on any atom is 0.341 e. The Morgan fingerprint density at radius 1 is 0.654 bits per heavy atom. The van der Waals surface area contributed by atoms with Gasteiger partial charge in [-0.3, -0.25) is 0 Å². The fourth-order valence-electron chi connectivity index (χ4n) is 1.96. The molecule has 0 spiro atoms. The van der Waals surface area contributed by atoms with E-state index in [4.69, 9.17) is 19.7 Å².